The van der Waals surface area contributed by atoms with Gasteiger partial charge in [-0.2, -0.15) is 11.3 Å². The fraction of sp³-hybridized carbons (Fsp3) is 0.250. The van der Waals surface area contributed by atoms with Gasteiger partial charge in [-0.3, -0.25) is 4.98 Å². The molecule has 2 heterocycles. The van der Waals surface area contributed by atoms with Gasteiger partial charge in [-0.15, -0.1) is 0 Å². The van der Waals surface area contributed by atoms with E-state index in [0.29, 0.717) is 0 Å². The van der Waals surface area contributed by atoms with E-state index >= 15 is 0 Å². The van der Waals surface area contributed by atoms with E-state index in [2.05, 4.69) is 32.0 Å². The second kappa shape index (κ2) is 4.99. The molecule has 0 saturated carbocycles. The Balaban J connectivity index is 2.09. The van der Waals surface area contributed by atoms with Gasteiger partial charge < -0.3 is 10.2 Å². The molecule has 0 aliphatic carbocycles. The number of thiophene rings is 1. The summed E-state index contributed by atoms with van der Waals surface area (Å²) >= 11 is 1.72. The van der Waals surface area contributed by atoms with Crippen LogP contribution in [0.2, 0.25) is 0 Å². The Morgan fingerprint density at radius 1 is 1.38 bits per heavy atom. The summed E-state index contributed by atoms with van der Waals surface area (Å²) in [5, 5.41) is 7.64. The monoisotopic (exact) mass is 233 g/mol. The van der Waals surface area contributed by atoms with Crippen LogP contribution in [0.25, 0.3) is 0 Å². The summed E-state index contributed by atoms with van der Waals surface area (Å²) in [5.41, 5.74) is 3.53. The van der Waals surface area contributed by atoms with E-state index in [1.54, 1.807) is 11.3 Å². The largest absolute Gasteiger partial charge is 0.378 e. The van der Waals surface area contributed by atoms with E-state index < -0.39 is 0 Å². The van der Waals surface area contributed by atoms with E-state index in [1.165, 1.54) is 5.56 Å². The highest BCUT2D eigenvalue weighted by Crippen LogP contribution is 2.22. The molecule has 0 aliphatic rings. The first kappa shape index (κ1) is 11.0. The zero-order valence-corrected chi connectivity index (χ0v) is 10.3. The number of nitrogens with zero attached hydrogens (tertiary/aromatic N) is 2. The van der Waals surface area contributed by atoms with Crippen LogP contribution in [-0.2, 0) is 6.54 Å². The number of rotatable bonds is 4. The summed E-state index contributed by atoms with van der Waals surface area (Å²) in [5.74, 6) is 0. The molecule has 2 aromatic heterocycles. The molecule has 4 heteroatoms. The van der Waals surface area contributed by atoms with Crippen LogP contribution in [0.15, 0.2) is 35.3 Å². The molecular formula is C12H15N3S. The first-order valence-corrected chi connectivity index (χ1v) is 6.08. The number of nitrogens with one attached hydrogen (secondary N) is 1. The SMILES string of the molecule is CN(C)c1ccncc1NCc1ccsc1. The van der Waals surface area contributed by atoms with Gasteiger partial charge >= 0.3 is 0 Å². The lowest BCUT2D eigenvalue weighted by Crippen LogP contribution is -2.12. The molecule has 84 valence electrons. The van der Waals surface area contributed by atoms with Gasteiger partial charge in [0.2, 0.25) is 0 Å². The highest BCUT2D eigenvalue weighted by Gasteiger charge is 2.03. The quantitative estimate of drug-likeness (QED) is 0.880. The molecule has 0 saturated heterocycles. The zero-order chi connectivity index (χ0) is 11.4. The second-order valence-corrected chi connectivity index (χ2v) is 4.55. The third kappa shape index (κ3) is 2.52. The third-order valence-electron chi connectivity index (χ3n) is 2.34. The third-order valence-corrected chi connectivity index (χ3v) is 3.07. The van der Waals surface area contributed by atoms with Gasteiger partial charge in [0.25, 0.3) is 0 Å². The second-order valence-electron chi connectivity index (χ2n) is 3.77. The molecule has 0 aromatic carbocycles. The summed E-state index contributed by atoms with van der Waals surface area (Å²) in [6, 6.07) is 4.14. The number of hydrogen-bond donors (Lipinski definition) is 1. The lowest BCUT2D eigenvalue weighted by Gasteiger charge is -2.17. The lowest BCUT2D eigenvalue weighted by molar-refractivity contribution is 1.09. The summed E-state index contributed by atoms with van der Waals surface area (Å²) in [6.07, 6.45) is 3.67. The van der Waals surface area contributed by atoms with Crippen LogP contribution in [0, 0.1) is 0 Å². The normalized spacial score (nSPS) is 10.1. The van der Waals surface area contributed by atoms with Gasteiger partial charge in [-0.25, -0.2) is 0 Å². The lowest BCUT2D eigenvalue weighted by atomic mass is 10.3. The average molecular weight is 233 g/mol. The molecule has 0 fully saturated rings. The Bertz CT molecular complexity index is 437. The van der Waals surface area contributed by atoms with E-state index in [-0.39, 0.29) is 0 Å². The summed E-state index contributed by atoms with van der Waals surface area (Å²) in [4.78, 5) is 6.22. The highest BCUT2D eigenvalue weighted by molar-refractivity contribution is 7.07. The van der Waals surface area contributed by atoms with Gasteiger partial charge in [-0.05, 0) is 28.5 Å². The van der Waals surface area contributed by atoms with Crippen molar-refractivity contribution < 1.29 is 0 Å². The van der Waals surface area contributed by atoms with Crippen molar-refractivity contribution in [2.75, 3.05) is 24.3 Å². The Morgan fingerprint density at radius 3 is 2.94 bits per heavy atom. The van der Waals surface area contributed by atoms with E-state index in [4.69, 9.17) is 0 Å². The average Bonchev–Trinajstić information content (AvgIpc) is 2.79. The zero-order valence-electron chi connectivity index (χ0n) is 9.47. The first-order chi connectivity index (χ1) is 7.77. The number of aromatic nitrogens is 1. The number of pyridine rings is 1. The molecule has 0 radical (unpaired) electrons. The van der Waals surface area contributed by atoms with Gasteiger partial charge in [0.15, 0.2) is 0 Å². The Hall–Kier alpha value is -1.55. The minimum atomic E-state index is 0.843. The van der Waals surface area contributed by atoms with Crippen LogP contribution in [0.5, 0.6) is 0 Å². The predicted octanol–water partition coefficient (Wildman–Crippen LogP) is 2.82. The smallest absolute Gasteiger partial charge is 0.0766 e. The maximum atomic E-state index is 4.14. The molecule has 0 atom stereocenters. The van der Waals surface area contributed by atoms with Crippen LogP contribution < -0.4 is 10.2 Å². The maximum absolute atomic E-state index is 4.14. The van der Waals surface area contributed by atoms with Crippen LogP contribution in [0.4, 0.5) is 11.4 Å². The van der Waals surface area contributed by atoms with Crippen molar-refractivity contribution in [3.8, 4) is 0 Å². The van der Waals surface area contributed by atoms with Crippen molar-refractivity contribution in [2.45, 2.75) is 6.54 Å². The minimum Gasteiger partial charge on any atom is -0.378 e. The van der Waals surface area contributed by atoms with E-state index in [0.717, 1.165) is 17.9 Å². The standard InChI is InChI=1S/C12H15N3S/c1-15(2)12-3-5-13-8-11(12)14-7-10-4-6-16-9-10/h3-6,8-9,14H,7H2,1-2H3. The van der Waals surface area contributed by atoms with E-state index in [1.807, 2.05) is 32.6 Å². The Kier molecular flexibility index (Phi) is 3.41. The van der Waals surface area contributed by atoms with Crippen molar-refractivity contribution in [3.63, 3.8) is 0 Å². The molecule has 16 heavy (non-hydrogen) atoms. The van der Waals surface area contributed by atoms with Gasteiger partial charge in [0.1, 0.15) is 0 Å². The van der Waals surface area contributed by atoms with Crippen molar-refractivity contribution in [1.82, 2.24) is 4.98 Å². The number of hydrogen-bond acceptors (Lipinski definition) is 4. The molecular weight excluding hydrogens is 218 g/mol. The van der Waals surface area contributed by atoms with Gasteiger partial charge in [0, 0.05) is 26.8 Å². The number of anilines is 2. The van der Waals surface area contributed by atoms with Crippen LogP contribution in [0.3, 0.4) is 0 Å². The van der Waals surface area contributed by atoms with Gasteiger partial charge in [-0.1, -0.05) is 0 Å². The molecule has 2 aromatic rings. The van der Waals surface area contributed by atoms with Crippen molar-refractivity contribution >= 4 is 22.7 Å². The predicted molar refractivity (Wildman–Crippen MR) is 70.2 cm³/mol. The molecule has 0 amide bonds. The maximum Gasteiger partial charge on any atom is 0.0766 e. The molecule has 2 rings (SSSR count). The Labute approximate surface area is 99.8 Å². The van der Waals surface area contributed by atoms with Crippen molar-refractivity contribution in [3.05, 3.63) is 40.8 Å². The molecule has 0 bridgehead atoms. The molecule has 0 aliphatic heterocycles. The van der Waals surface area contributed by atoms with E-state index in [9.17, 15) is 0 Å². The fourth-order valence-electron chi connectivity index (χ4n) is 1.50. The van der Waals surface area contributed by atoms with Crippen LogP contribution >= 0.6 is 11.3 Å². The van der Waals surface area contributed by atoms with Crippen molar-refractivity contribution in [1.29, 1.82) is 0 Å². The van der Waals surface area contributed by atoms with Crippen LogP contribution in [-0.4, -0.2) is 19.1 Å². The first-order valence-electron chi connectivity index (χ1n) is 5.13. The topological polar surface area (TPSA) is 28.2 Å². The Morgan fingerprint density at radius 2 is 2.25 bits per heavy atom. The fourth-order valence-corrected chi connectivity index (χ4v) is 2.17. The summed E-state index contributed by atoms with van der Waals surface area (Å²) in [7, 11) is 4.07. The van der Waals surface area contributed by atoms with Crippen molar-refractivity contribution in [2.24, 2.45) is 0 Å². The highest BCUT2D eigenvalue weighted by atomic mass is 32.1. The molecule has 0 unspecified atom stereocenters. The van der Waals surface area contributed by atoms with Gasteiger partial charge in [0.05, 0.1) is 17.6 Å². The molecule has 3 nitrogen and oxygen atoms in total. The minimum absolute atomic E-state index is 0.843. The van der Waals surface area contributed by atoms with Crippen LogP contribution in [0.1, 0.15) is 5.56 Å². The summed E-state index contributed by atoms with van der Waals surface area (Å²) < 4.78 is 0. The summed E-state index contributed by atoms with van der Waals surface area (Å²) in [6.45, 7) is 0.843. The molecule has 1 N–H and O–H groups in total. The molecule has 0 spiro atoms.